The molecule has 0 aliphatic carbocycles. The molecule has 1 aromatic rings. The lowest BCUT2D eigenvalue weighted by molar-refractivity contribution is 0.315. The van der Waals surface area contributed by atoms with Gasteiger partial charge in [0.05, 0.1) is 12.9 Å². The highest BCUT2D eigenvalue weighted by molar-refractivity contribution is 5.35. The van der Waals surface area contributed by atoms with E-state index in [4.69, 9.17) is 0 Å². The quantitative estimate of drug-likeness (QED) is 0.718. The highest BCUT2D eigenvalue weighted by Gasteiger charge is 2.20. The summed E-state index contributed by atoms with van der Waals surface area (Å²) in [6.07, 6.45) is 7.10. The second-order valence-corrected chi connectivity index (χ2v) is 3.67. The lowest BCUT2D eigenvalue weighted by Crippen LogP contribution is -2.36. The van der Waals surface area contributed by atoms with Crippen LogP contribution < -0.4 is 4.90 Å². The fourth-order valence-electron chi connectivity index (χ4n) is 1.85. The molecule has 1 aromatic heterocycles. The second kappa shape index (κ2) is 4.35. The zero-order valence-electron chi connectivity index (χ0n) is 8.06. The molecule has 0 saturated carbocycles. The van der Waals surface area contributed by atoms with Crippen molar-refractivity contribution in [3.63, 3.8) is 0 Å². The second-order valence-electron chi connectivity index (χ2n) is 3.67. The summed E-state index contributed by atoms with van der Waals surface area (Å²) in [5, 5.41) is 0. The topological polar surface area (TPSA) is 29.0 Å². The Bertz CT molecular complexity index is 278. The Hall–Kier alpha value is -1.19. The van der Waals surface area contributed by atoms with Crippen LogP contribution in [-0.4, -0.2) is 29.7 Å². The van der Waals surface area contributed by atoms with Crippen LogP contribution in [0.4, 0.5) is 10.2 Å². The van der Waals surface area contributed by atoms with Crippen LogP contribution in [0.5, 0.6) is 0 Å². The van der Waals surface area contributed by atoms with Gasteiger partial charge in [0, 0.05) is 31.4 Å². The Kier molecular flexibility index (Phi) is 2.91. The molecular weight excluding hydrogens is 181 g/mol. The third kappa shape index (κ3) is 2.00. The van der Waals surface area contributed by atoms with Crippen molar-refractivity contribution in [1.82, 2.24) is 9.97 Å². The van der Waals surface area contributed by atoms with Crippen LogP contribution >= 0.6 is 0 Å². The molecule has 2 rings (SSSR count). The van der Waals surface area contributed by atoms with Gasteiger partial charge in [-0.1, -0.05) is 0 Å². The fraction of sp³-hybridized carbons (Fsp3) is 0.600. The summed E-state index contributed by atoms with van der Waals surface area (Å²) in [6, 6.07) is 0. The lowest BCUT2D eigenvalue weighted by atomic mass is 10.00. The van der Waals surface area contributed by atoms with Crippen molar-refractivity contribution in [3.8, 4) is 0 Å². The van der Waals surface area contributed by atoms with Crippen molar-refractivity contribution < 1.29 is 4.39 Å². The maximum atomic E-state index is 12.5. The Morgan fingerprint density at radius 3 is 3.14 bits per heavy atom. The minimum absolute atomic E-state index is 0.172. The van der Waals surface area contributed by atoms with E-state index in [2.05, 4.69) is 14.9 Å². The van der Waals surface area contributed by atoms with Gasteiger partial charge < -0.3 is 4.90 Å². The molecule has 1 fully saturated rings. The van der Waals surface area contributed by atoms with E-state index in [0.717, 1.165) is 31.7 Å². The third-order valence-corrected chi connectivity index (χ3v) is 2.61. The van der Waals surface area contributed by atoms with E-state index in [0.29, 0.717) is 0 Å². The van der Waals surface area contributed by atoms with Crippen LogP contribution in [0.15, 0.2) is 18.6 Å². The van der Waals surface area contributed by atoms with Gasteiger partial charge in [-0.3, -0.25) is 9.37 Å². The van der Waals surface area contributed by atoms with Crippen LogP contribution in [0.3, 0.4) is 0 Å². The standard InChI is InChI=1S/C10H14FN3/c11-6-9-2-1-5-14(8-9)10-7-12-3-4-13-10/h3-4,7,9H,1-2,5-6,8H2. The molecule has 1 aliphatic heterocycles. The first kappa shape index (κ1) is 9.37. The monoisotopic (exact) mass is 195 g/mol. The average Bonchev–Trinajstić information content (AvgIpc) is 2.30. The molecule has 4 heteroatoms. The lowest BCUT2D eigenvalue weighted by Gasteiger charge is -2.31. The van der Waals surface area contributed by atoms with Crippen molar-refractivity contribution >= 4 is 5.82 Å². The maximum Gasteiger partial charge on any atom is 0.147 e. The van der Waals surface area contributed by atoms with E-state index in [1.165, 1.54) is 0 Å². The number of nitrogens with zero attached hydrogens (tertiary/aromatic N) is 3. The molecule has 3 nitrogen and oxygen atoms in total. The number of hydrogen-bond donors (Lipinski definition) is 0. The molecule has 1 saturated heterocycles. The smallest absolute Gasteiger partial charge is 0.147 e. The molecule has 2 heterocycles. The first-order valence-electron chi connectivity index (χ1n) is 4.97. The summed E-state index contributed by atoms with van der Waals surface area (Å²) in [5.74, 6) is 1.04. The van der Waals surface area contributed by atoms with Crippen LogP contribution in [0.1, 0.15) is 12.8 Å². The molecule has 0 amide bonds. The van der Waals surface area contributed by atoms with Gasteiger partial charge in [-0.25, -0.2) is 4.98 Å². The zero-order chi connectivity index (χ0) is 9.80. The van der Waals surface area contributed by atoms with Gasteiger partial charge >= 0.3 is 0 Å². The summed E-state index contributed by atoms with van der Waals surface area (Å²) < 4.78 is 12.5. The number of hydrogen-bond acceptors (Lipinski definition) is 3. The van der Waals surface area contributed by atoms with Crippen LogP contribution in [0, 0.1) is 5.92 Å². The van der Waals surface area contributed by atoms with Crippen LogP contribution in [-0.2, 0) is 0 Å². The van der Waals surface area contributed by atoms with Crippen molar-refractivity contribution in [1.29, 1.82) is 0 Å². The normalized spacial score (nSPS) is 22.4. The average molecular weight is 195 g/mol. The minimum atomic E-state index is -0.225. The number of aromatic nitrogens is 2. The number of anilines is 1. The summed E-state index contributed by atoms with van der Waals surface area (Å²) in [6.45, 7) is 1.52. The maximum absolute atomic E-state index is 12.5. The molecule has 1 unspecified atom stereocenters. The third-order valence-electron chi connectivity index (χ3n) is 2.61. The largest absolute Gasteiger partial charge is 0.355 e. The Balaban J connectivity index is 2.04. The first-order valence-corrected chi connectivity index (χ1v) is 4.97. The van der Waals surface area contributed by atoms with Crippen LogP contribution in [0.2, 0.25) is 0 Å². The molecule has 0 bridgehead atoms. The van der Waals surface area contributed by atoms with Gasteiger partial charge in [-0.2, -0.15) is 0 Å². The summed E-state index contributed by atoms with van der Waals surface area (Å²) in [4.78, 5) is 10.3. The molecule has 1 atom stereocenters. The number of piperidine rings is 1. The fourth-order valence-corrected chi connectivity index (χ4v) is 1.85. The van der Waals surface area contributed by atoms with Crippen molar-refractivity contribution in [2.75, 3.05) is 24.7 Å². The molecule has 1 aliphatic rings. The molecule has 0 spiro atoms. The first-order chi connectivity index (χ1) is 6.90. The summed E-state index contributed by atoms with van der Waals surface area (Å²) in [5.41, 5.74) is 0. The van der Waals surface area contributed by atoms with Crippen molar-refractivity contribution in [3.05, 3.63) is 18.6 Å². The summed E-state index contributed by atoms with van der Waals surface area (Å²) >= 11 is 0. The van der Waals surface area contributed by atoms with Gasteiger partial charge in [0.25, 0.3) is 0 Å². The van der Waals surface area contributed by atoms with E-state index in [-0.39, 0.29) is 12.6 Å². The molecule has 76 valence electrons. The van der Waals surface area contributed by atoms with Gasteiger partial charge in [-0.05, 0) is 12.8 Å². The van der Waals surface area contributed by atoms with E-state index in [9.17, 15) is 4.39 Å². The number of halogens is 1. The SMILES string of the molecule is FCC1CCCN(c2cnccn2)C1. The van der Waals surface area contributed by atoms with E-state index >= 15 is 0 Å². The van der Waals surface area contributed by atoms with E-state index in [1.807, 2.05) is 0 Å². The highest BCUT2D eigenvalue weighted by atomic mass is 19.1. The molecule has 14 heavy (non-hydrogen) atoms. The Morgan fingerprint density at radius 1 is 1.50 bits per heavy atom. The van der Waals surface area contributed by atoms with Crippen LogP contribution in [0.25, 0.3) is 0 Å². The molecule has 0 aromatic carbocycles. The Labute approximate surface area is 83.0 Å². The highest BCUT2D eigenvalue weighted by Crippen LogP contribution is 2.20. The van der Waals surface area contributed by atoms with E-state index < -0.39 is 0 Å². The molecular formula is C10H14FN3. The minimum Gasteiger partial charge on any atom is -0.355 e. The molecule has 0 N–H and O–H groups in total. The van der Waals surface area contributed by atoms with Gasteiger partial charge in [0.2, 0.25) is 0 Å². The predicted molar refractivity (Wildman–Crippen MR) is 52.9 cm³/mol. The van der Waals surface area contributed by atoms with Gasteiger partial charge in [-0.15, -0.1) is 0 Å². The predicted octanol–water partition coefficient (Wildman–Crippen LogP) is 1.66. The number of rotatable bonds is 2. The van der Waals surface area contributed by atoms with Gasteiger partial charge in [0.1, 0.15) is 5.82 Å². The molecule has 0 radical (unpaired) electrons. The van der Waals surface area contributed by atoms with Gasteiger partial charge in [0.15, 0.2) is 0 Å². The Morgan fingerprint density at radius 2 is 2.43 bits per heavy atom. The number of alkyl halides is 1. The van der Waals surface area contributed by atoms with Crippen molar-refractivity contribution in [2.24, 2.45) is 5.92 Å². The van der Waals surface area contributed by atoms with Crippen molar-refractivity contribution in [2.45, 2.75) is 12.8 Å². The van der Waals surface area contributed by atoms with E-state index in [1.54, 1.807) is 18.6 Å². The zero-order valence-corrected chi connectivity index (χ0v) is 8.06. The summed E-state index contributed by atoms with van der Waals surface area (Å²) in [7, 11) is 0.